The van der Waals surface area contributed by atoms with Gasteiger partial charge in [0.05, 0.1) is 0 Å². The molecule has 140 valence electrons. The summed E-state index contributed by atoms with van der Waals surface area (Å²) in [5, 5.41) is 2.91. The van der Waals surface area contributed by atoms with Crippen molar-refractivity contribution in [1.82, 2.24) is 10.2 Å². The van der Waals surface area contributed by atoms with Gasteiger partial charge in [-0.05, 0) is 56.0 Å². The fraction of sp³-hybridized carbons (Fsp3) is 0.500. The third kappa shape index (κ3) is 4.06. The number of carbonyl (C=O) groups excluding carboxylic acids is 2. The average Bonchev–Trinajstić information content (AvgIpc) is 3.43. The number of carbonyl (C=O) groups is 2. The van der Waals surface area contributed by atoms with E-state index in [1.807, 2.05) is 11.8 Å². The number of nitrogens with zero attached hydrogens (tertiary/aromatic N) is 1. The minimum Gasteiger partial charge on any atom is -0.477 e. The van der Waals surface area contributed by atoms with Gasteiger partial charge < -0.3 is 15.0 Å². The molecule has 5 nitrogen and oxygen atoms in total. The number of hydrogen-bond acceptors (Lipinski definition) is 3. The van der Waals surface area contributed by atoms with Gasteiger partial charge in [0, 0.05) is 32.0 Å². The molecule has 1 aliphatic heterocycles. The van der Waals surface area contributed by atoms with Crippen LogP contribution in [0.25, 0.3) is 0 Å². The molecule has 1 saturated carbocycles. The number of nitrogens with one attached hydrogen (secondary N) is 1. The van der Waals surface area contributed by atoms with Gasteiger partial charge in [0.2, 0.25) is 5.91 Å². The van der Waals surface area contributed by atoms with E-state index in [-0.39, 0.29) is 23.7 Å². The summed E-state index contributed by atoms with van der Waals surface area (Å²) >= 11 is 0. The van der Waals surface area contributed by atoms with E-state index < -0.39 is 5.60 Å². The van der Waals surface area contributed by atoms with E-state index in [4.69, 9.17) is 4.74 Å². The summed E-state index contributed by atoms with van der Waals surface area (Å²) in [6.45, 7) is 6.78. The van der Waals surface area contributed by atoms with Gasteiger partial charge in [-0.1, -0.05) is 6.58 Å². The molecule has 0 radical (unpaired) electrons. The molecule has 26 heavy (non-hydrogen) atoms. The summed E-state index contributed by atoms with van der Waals surface area (Å²) in [4.78, 5) is 26.2. The molecule has 2 amide bonds. The van der Waals surface area contributed by atoms with Crippen molar-refractivity contribution in [3.05, 3.63) is 42.7 Å². The third-order valence-electron chi connectivity index (χ3n) is 5.31. The van der Waals surface area contributed by atoms with Crippen LogP contribution in [0.5, 0.6) is 5.75 Å². The lowest BCUT2D eigenvalue weighted by atomic mass is 9.90. The zero-order chi connectivity index (χ0) is 18.7. The van der Waals surface area contributed by atoms with Gasteiger partial charge in [0.25, 0.3) is 5.91 Å². The standard InChI is InChI=1S/C20H25FN2O3/c1-3-18(24)22-14(2)15-8-12-23(13-9-15)19(25)20(10-11-20)26-17-6-4-16(21)5-7-17/h3-7,14-15H,1,8-13H2,2H3,(H,22,24). The van der Waals surface area contributed by atoms with Gasteiger partial charge in [0.1, 0.15) is 11.6 Å². The van der Waals surface area contributed by atoms with Crippen molar-refractivity contribution >= 4 is 11.8 Å². The molecule has 1 saturated heterocycles. The molecule has 1 atom stereocenters. The van der Waals surface area contributed by atoms with E-state index in [0.29, 0.717) is 37.6 Å². The fourth-order valence-electron chi connectivity index (χ4n) is 3.49. The SMILES string of the molecule is C=CC(=O)NC(C)C1CCN(C(=O)C2(Oc3ccc(F)cc3)CC2)CC1. The van der Waals surface area contributed by atoms with E-state index in [2.05, 4.69) is 11.9 Å². The Morgan fingerprint density at radius 2 is 1.92 bits per heavy atom. The molecule has 2 aliphatic rings. The van der Waals surface area contributed by atoms with Crippen LogP contribution < -0.4 is 10.1 Å². The fourth-order valence-corrected chi connectivity index (χ4v) is 3.49. The van der Waals surface area contributed by atoms with Crippen LogP contribution in [0.3, 0.4) is 0 Å². The molecule has 1 unspecified atom stereocenters. The summed E-state index contributed by atoms with van der Waals surface area (Å²) in [7, 11) is 0. The summed E-state index contributed by atoms with van der Waals surface area (Å²) in [6, 6.07) is 5.83. The van der Waals surface area contributed by atoms with Gasteiger partial charge in [-0.3, -0.25) is 9.59 Å². The number of ether oxygens (including phenoxy) is 1. The summed E-state index contributed by atoms with van der Waals surface area (Å²) in [6.07, 6.45) is 4.34. The minimum absolute atomic E-state index is 0.0167. The van der Waals surface area contributed by atoms with Crippen LogP contribution in [0.15, 0.2) is 36.9 Å². The van der Waals surface area contributed by atoms with Gasteiger partial charge in [-0.15, -0.1) is 0 Å². The molecule has 1 aliphatic carbocycles. The van der Waals surface area contributed by atoms with Crippen LogP contribution >= 0.6 is 0 Å². The van der Waals surface area contributed by atoms with Crippen LogP contribution in [0.2, 0.25) is 0 Å². The zero-order valence-corrected chi connectivity index (χ0v) is 15.0. The maximum absolute atomic E-state index is 13.0. The lowest BCUT2D eigenvalue weighted by Gasteiger charge is -2.36. The van der Waals surface area contributed by atoms with Gasteiger partial charge >= 0.3 is 0 Å². The first-order chi connectivity index (χ1) is 12.4. The summed E-state index contributed by atoms with van der Waals surface area (Å²) in [5.41, 5.74) is -0.784. The van der Waals surface area contributed by atoms with Crippen molar-refractivity contribution in [3.63, 3.8) is 0 Å². The Balaban J connectivity index is 1.54. The average molecular weight is 360 g/mol. The topological polar surface area (TPSA) is 58.6 Å². The molecule has 1 heterocycles. The summed E-state index contributed by atoms with van der Waals surface area (Å²) in [5.74, 6) is 0.390. The molecule has 1 aromatic rings. The molecule has 0 spiro atoms. The number of piperidine rings is 1. The molecular weight excluding hydrogens is 335 g/mol. The molecule has 0 aromatic heterocycles. The van der Waals surface area contributed by atoms with Crippen LogP contribution in [0, 0.1) is 11.7 Å². The predicted octanol–water partition coefficient (Wildman–Crippen LogP) is 2.67. The molecule has 6 heteroatoms. The first-order valence-electron chi connectivity index (χ1n) is 9.10. The number of benzene rings is 1. The number of rotatable bonds is 6. The quantitative estimate of drug-likeness (QED) is 0.794. The highest BCUT2D eigenvalue weighted by atomic mass is 19.1. The largest absolute Gasteiger partial charge is 0.477 e. The lowest BCUT2D eigenvalue weighted by Crippen LogP contribution is -2.49. The second-order valence-corrected chi connectivity index (χ2v) is 7.18. The Morgan fingerprint density at radius 1 is 1.31 bits per heavy atom. The predicted molar refractivity (Wildman–Crippen MR) is 96.1 cm³/mol. The molecule has 3 rings (SSSR count). The van der Waals surface area contributed by atoms with Crippen LogP contribution in [0.1, 0.15) is 32.6 Å². The number of amides is 2. The minimum atomic E-state index is -0.784. The van der Waals surface area contributed by atoms with Crippen molar-refractivity contribution in [2.75, 3.05) is 13.1 Å². The van der Waals surface area contributed by atoms with Crippen molar-refractivity contribution in [2.24, 2.45) is 5.92 Å². The Bertz CT molecular complexity index is 677. The molecule has 1 aromatic carbocycles. The smallest absolute Gasteiger partial charge is 0.266 e. The Kier molecular flexibility index (Phi) is 5.30. The Labute approximate surface area is 153 Å². The maximum Gasteiger partial charge on any atom is 0.266 e. The van der Waals surface area contributed by atoms with Crippen LogP contribution in [-0.2, 0) is 9.59 Å². The molecule has 1 N–H and O–H groups in total. The maximum atomic E-state index is 13.0. The second kappa shape index (κ2) is 7.48. The highest BCUT2D eigenvalue weighted by Gasteiger charge is 2.55. The van der Waals surface area contributed by atoms with Gasteiger partial charge in [-0.25, -0.2) is 4.39 Å². The van der Waals surface area contributed by atoms with Crippen molar-refractivity contribution in [2.45, 2.75) is 44.2 Å². The van der Waals surface area contributed by atoms with E-state index in [0.717, 1.165) is 12.8 Å². The van der Waals surface area contributed by atoms with Crippen LogP contribution in [-0.4, -0.2) is 41.4 Å². The van der Waals surface area contributed by atoms with Crippen LogP contribution in [0.4, 0.5) is 4.39 Å². The number of likely N-dealkylation sites (tertiary alicyclic amines) is 1. The lowest BCUT2D eigenvalue weighted by molar-refractivity contribution is -0.142. The van der Waals surface area contributed by atoms with Crippen molar-refractivity contribution in [3.8, 4) is 5.75 Å². The number of halogens is 1. The molecule has 2 fully saturated rings. The first kappa shape index (κ1) is 18.4. The van der Waals surface area contributed by atoms with Gasteiger partial charge in [-0.2, -0.15) is 0 Å². The van der Waals surface area contributed by atoms with Crippen molar-refractivity contribution < 1.29 is 18.7 Å². The normalized spacial score (nSPS) is 20.2. The van der Waals surface area contributed by atoms with E-state index in [9.17, 15) is 14.0 Å². The van der Waals surface area contributed by atoms with E-state index >= 15 is 0 Å². The zero-order valence-electron chi connectivity index (χ0n) is 15.0. The van der Waals surface area contributed by atoms with E-state index in [1.54, 1.807) is 12.1 Å². The first-order valence-corrected chi connectivity index (χ1v) is 9.10. The highest BCUT2D eigenvalue weighted by molar-refractivity contribution is 5.89. The number of hydrogen-bond donors (Lipinski definition) is 1. The monoisotopic (exact) mass is 360 g/mol. The molecular formula is C20H25FN2O3. The third-order valence-corrected chi connectivity index (χ3v) is 5.31. The van der Waals surface area contributed by atoms with Crippen molar-refractivity contribution in [1.29, 1.82) is 0 Å². The highest BCUT2D eigenvalue weighted by Crippen LogP contribution is 2.42. The van der Waals surface area contributed by atoms with Gasteiger partial charge in [0.15, 0.2) is 5.60 Å². The van der Waals surface area contributed by atoms with E-state index in [1.165, 1.54) is 18.2 Å². The Morgan fingerprint density at radius 3 is 2.46 bits per heavy atom. The second-order valence-electron chi connectivity index (χ2n) is 7.18. The summed E-state index contributed by atoms with van der Waals surface area (Å²) < 4.78 is 18.9. The molecule has 0 bridgehead atoms. The Hall–Kier alpha value is -2.37.